The number of hydroxylamine groups is 2. The first-order valence-electron chi connectivity index (χ1n) is 8.88. The van der Waals surface area contributed by atoms with Crippen molar-refractivity contribution < 1.29 is 14.7 Å². The van der Waals surface area contributed by atoms with Gasteiger partial charge in [0.15, 0.2) is 0 Å². The number of hydrogen-bond acceptors (Lipinski definition) is 3. The lowest BCUT2D eigenvalue weighted by Gasteiger charge is -2.19. The van der Waals surface area contributed by atoms with Crippen molar-refractivity contribution in [2.75, 3.05) is 6.54 Å². The summed E-state index contributed by atoms with van der Waals surface area (Å²) in [5.41, 5.74) is 7.59. The molecule has 0 unspecified atom stereocenters. The third-order valence-electron chi connectivity index (χ3n) is 4.83. The molecule has 1 aliphatic carbocycles. The Kier molecular flexibility index (Phi) is 4.92. The number of hydrogen-bond donors (Lipinski definition) is 2. The zero-order valence-electron chi connectivity index (χ0n) is 15.5. The number of amides is 2. The molecule has 2 aromatic carbocycles. The maximum atomic E-state index is 10.9. The molecular formula is C21H26N2O3. The van der Waals surface area contributed by atoms with Gasteiger partial charge in [0, 0.05) is 0 Å². The summed E-state index contributed by atoms with van der Waals surface area (Å²) in [6, 6.07) is 15.3. The first kappa shape index (κ1) is 18.3. The van der Waals surface area contributed by atoms with Crippen molar-refractivity contribution in [1.29, 1.82) is 0 Å². The smallest absolute Gasteiger partial charge is 0.338 e. The number of nitrogens with two attached hydrogens (primary N) is 1. The molecule has 0 bridgehead atoms. The van der Waals surface area contributed by atoms with Crippen molar-refractivity contribution in [3.8, 4) is 11.5 Å². The molecule has 138 valence electrons. The van der Waals surface area contributed by atoms with Crippen molar-refractivity contribution in [2.24, 2.45) is 11.7 Å². The van der Waals surface area contributed by atoms with Crippen LogP contribution < -0.4 is 10.5 Å². The van der Waals surface area contributed by atoms with E-state index < -0.39 is 6.03 Å². The molecule has 0 saturated heterocycles. The van der Waals surface area contributed by atoms with E-state index >= 15 is 0 Å². The van der Waals surface area contributed by atoms with Crippen LogP contribution in [0.4, 0.5) is 4.79 Å². The molecule has 0 spiro atoms. The zero-order chi connectivity index (χ0) is 18.9. The second kappa shape index (κ2) is 7.00. The van der Waals surface area contributed by atoms with Crippen molar-refractivity contribution in [3.63, 3.8) is 0 Å². The minimum absolute atomic E-state index is 0.116. The van der Waals surface area contributed by atoms with E-state index in [-0.39, 0.29) is 17.9 Å². The van der Waals surface area contributed by atoms with E-state index in [9.17, 15) is 10.0 Å². The first-order valence-corrected chi connectivity index (χ1v) is 8.88. The Morgan fingerprint density at radius 3 is 2.50 bits per heavy atom. The van der Waals surface area contributed by atoms with Gasteiger partial charge in [-0.05, 0) is 59.1 Å². The van der Waals surface area contributed by atoms with Crippen LogP contribution >= 0.6 is 0 Å². The summed E-state index contributed by atoms with van der Waals surface area (Å²) in [6.45, 7) is 6.82. The Hall–Kier alpha value is -2.53. The van der Waals surface area contributed by atoms with Crippen LogP contribution in [0, 0.1) is 5.92 Å². The van der Waals surface area contributed by atoms with Crippen molar-refractivity contribution in [3.05, 3.63) is 59.7 Å². The topological polar surface area (TPSA) is 75.8 Å². The number of urea groups is 1. The minimum Gasteiger partial charge on any atom is -0.457 e. The van der Waals surface area contributed by atoms with Crippen LogP contribution in [-0.2, 0) is 5.41 Å². The third-order valence-corrected chi connectivity index (χ3v) is 4.83. The number of primary amides is 1. The van der Waals surface area contributed by atoms with Crippen molar-refractivity contribution in [1.82, 2.24) is 5.06 Å². The average molecular weight is 354 g/mol. The highest BCUT2D eigenvalue weighted by atomic mass is 16.5. The molecule has 0 heterocycles. The summed E-state index contributed by atoms with van der Waals surface area (Å²) in [5, 5.41) is 10.0. The third kappa shape index (κ3) is 4.35. The fraction of sp³-hybridized carbons (Fsp3) is 0.381. The van der Waals surface area contributed by atoms with Gasteiger partial charge >= 0.3 is 6.03 Å². The van der Waals surface area contributed by atoms with E-state index in [1.807, 2.05) is 36.4 Å². The van der Waals surface area contributed by atoms with Gasteiger partial charge in [0.05, 0.1) is 6.54 Å². The largest absolute Gasteiger partial charge is 0.457 e. The molecular weight excluding hydrogens is 328 g/mol. The Balaban J connectivity index is 1.64. The van der Waals surface area contributed by atoms with Crippen molar-refractivity contribution in [2.45, 2.75) is 38.5 Å². The van der Waals surface area contributed by atoms with Crippen LogP contribution in [-0.4, -0.2) is 22.8 Å². The molecule has 3 rings (SSSR count). The maximum absolute atomic E-state index is 10.9. The number of carbonyl (C=O) groups is 1. The molecule has 0 radical (unpaired) electrons. The molecule has 5 heteroatoms. The molecule has 3 N–H and O–H groups in total. The summed E-state index contributed by atoms with van der Waals surface area (Å²) in [7, 11) is 0. The van der Waals surface area contributed by atoms with Gasteiger partial charge in [-0.3, -0.25) is 5.21 Å². The standard InChI is InChI=1S/C21H26N2O3/c1-21(2,3)16-7-9-17(10-8-16)26-18-6-4-5-14(11-18)19-12-15(19)13-23(25)20(22)24/h4-11,15,19,25H,12-13H2,1-3H3,(H2,22,24)/t15-,19-/m0/s1. The quantitative estimate of drug-likeness (QED) is 0.606. The first-order chi connectivity index (χ1) is 12.2. The van der Waals surface area contributed by atoms with Gasteiger partial charge in [0.25, 0.3) is 0 Å². The normalized spacial score (nSPS) is 19.1. The summed E-state index contributed by atoms with van der Waals surface area (Å²) in [6.07, 6.45) is 0.925. The van der Waals surface area contributed by atoms with Crippen LogP contribution in [0.2, 0.25) is 0 Å². The van der Waals surface area contributed by atoms with Gasteiger partial charge in [0.1, 0.15) is 11.5 Å². The fourth-order valence-electron chi connectivity index (χ4n) is 3.14. The van der Waals surface area contributed by atoms with Crippen LogP contribution in [0.3, 0.4) is 0 Å². The number of nitrogens with zero attached hydrogens (tertiary/aromatic N) is 1. The molecule has 1 fully saturated rings. The van der Waals surface area contributed by atoms with E-state index in [1.165, 1.54) is 5.56 Å². The predicted molar refractivity (Wildman–Crippen MR) is 101 cm³/mol. The monoisotopic (exact) mass is 354 g/mol. The SMILES string of the molecule is CC(C)(C)c1ccc(Oc2cccc([C@@H]3C[C@H]3CN(O)C(N)=O)c2)cc1. The Labute approximate surface area is 154 Å². The molecule has 0 aliphatic heterocycles. The van der Waals surface area contributed by atoms with Crippen LogP contribution in [0.5, 0.6) is 11.5 Å². The minimum atomic E-state index is -0.813. The molecule has 5 nitrogen and oxygen atoms in total. The summed E-state index contributed by atoms with van der Waals surface area (Å²) >= 11 is 0. The molecule has 2 aromatic rings. The number of rotatable bonds is 5. The average Bonchev–Trinajstić information content (AvgIpc) is 3.34. The van der Waals surface area contributed by atoms with Gasteiger partial charge in [-0.25, -0.2) is 9.86 Å². The highest BCUT2D eigenvalue weighted by Crippen LogP contribution is 2.48. The van der Waals surface area contributed by atoms with E-state index in [1.54, 1.807) is 0 Å². The lowest BCUT2D eigenvalue weighted by Crippen LogP contribution is -2.34. The fourth-order valence-corrected chi connectivity index (χ4v) is 3.14. The van der Waals surface area contributed by atoms with Crippen LogP contribution in [0.1, 0.15) is 44.2 Å². The molecule has 0 aromatic heterocycles. The maximum Gasteiger partial charge on any atom is 0.338 e. The molecule has 26 heavy (non-hydrogen) atoms. The second-order valence-electron chi connectivity index (χ2n) is 7.97. The van der Waals surface area contributed by atoms with Gasteiger partial charge in [0.2, 0.25) is 0 Å². The predicted octanol–water partition coefficient (Wildman–Crippen LogP) is 4.65. The molecule has 2 atom stereocenters. The van der Waals surface area contributed by atoms with Gasteiger partial charge in [-0.2, -0.15) is 0 Å². The zero-order valence-corrected chi connectivity index (χ0v) is 15.5. The lowest BCUT2D eigenvalue weighted by atomic mass is 9.87. The molecule has 2 amide bonds. The van der Waals surface area contributed by atoms with Gasteiger partial charge < -0.3 is 10.5 Å². The summed E-state index contributed by atoms with van der Waals surface area (Å²) in [5.74, 6) is 2.13. The Morgan fingerprint density at radius 1 is 1.19 bits per heavy atom. The van der Waals surface area contributed by atoms with Gasteiger partial charge in [-0.15, -0.1) is 0 Å². The molecule has 1 aliphatic rings. The van der Waals surface area contributed by atoms with E-state index in [0.717, 1.165) is 23.5 Å². The van der Waals surface area contributed by atoms with Gasteiger partial charge in [-0.1, -0.05) is 45.0 Å². The van der Waals surface area contributed by atoms with E-state index in [0.29, 0.717) is 11.0 Å². The highest BCUT2D eigenvalue weighted by molar-refractivity contribution is 5.70. The molecule has 1 saturated carbocycles. The Bertz CT molecular complexity index is 781. The second-order valence-corrected chi connectivity index (χ2v) is 7.97. The number of benzene rings is 2. The van der Waals surface area contributed by atoms with E-state index in [2.05, 4.69) is 32.9 Å². The summed E-state index contributed by atoms with van der Waals surface area (Å²) < 4.78 is 5.99. The Morgan fingerprint density at radius 2 is 1.88 bits per heavy atom. The van der Waals surface area contributed by atoms with Crippen LogP contribution in [0.25, 0.3) is 0 Å². The summed E-state index contributed by atoms with van der Waals surface area (Å²) in [4.78, 5) is 10.9. The highest BCUT2D eigenvalue weighted by Gasteiger charge is 2.40. The van der Waals surface area contributed by atoms with Crippen molar-refractivity contribution >= 4 is 6.03 Å². The number of carbonyl (C=O) groups excluding carboxylic acids is 1. The van der Waals surface area contributed by atoms with E-state index in [4.69, 9.17) is 10.5 Å². The van der Waals surface area contributed by atoms with Crippen LogP contribution in [0.15, 0.2) is 48.5 Å². The lowest BCUT2D eigenvalue weighted by molar-refractivity contribution is -0.0431. The number of ether oxygens (including phenoxy) is 1.